The Morgan fingerprint density at radius 3 is 2.82 bits per heavy atom. The van der Waals surface area contributed by atoms with Crippen molar-refractivity contribution in [1.29, 1.82) is 0 Å². The number of carbonyl (C=O) groups excluding carboxylic acids is 1. The largest absolute Gasteiger partial charge is 0.493 e. The minimum Gasteiger partial charge on any atom is -0.493 e. The van der Waals surface area contributed by atoms with Crippen molar-refractivity contribution in [3.05, 3.63) is 41.0 Å². The molecule has 10 heteroatoms. The molecule has 0 aliphatic carbocycles. The van der Waals surface area contributed by atoms with Crippen LogP contribution in [0.3, 0.4) is 0 Å². The van der Waals surface area contributed by atoms with Gasteiger partial charge in [0.2, 0.25) is 0 Å². The number of morpholine rings is 1. The van der Waals surface area contributed by atoms with Crippen molar-refractivity contribution in [2.24, 2.45) is 5.10 Å². The van der Waals surface area contributed by atoms with Crippen molar-refractivity contribution in [3.8, 4) is 11.5 Å². The zero-order valence-corrected chi connectivity index (χ0v) is 16.1. The second kappa shape index (κ2) is 9.86. The van der Waals surface area contributed by atoms with Gasteiger partial charge in [-0.15, -0.1) is 10.2 Å². The standard InChI is InChI=1S/C18H20ClN5O4/c1-26-15-10-13(11-20-22-17-5-4-16(19)21-23-17)2-3-14(15)28-12-18(25)24-6-8-27-9-7-24/h2-5,10-11H,6-9,12H2,1H3,(H,22,23)/b20-11+. The Labute approximate surface area is 167 Å². The van der Waals surface area contributed by atoms with Crippen LogP contribution in [0.25, 0.3) is 0 Å². The Kier molecular flexibility index (Phi) is 6.99. The van der Waals surface area contributed by atoms with Crippen molar-refractivity contribution >= 4 is 29.5 Å². The molecule has 1 aromatic carbocycles. The molecule has 0 bridgehead atoms. The first kappa shape index (κ1) is 19.8. The lowest BCUT2D eigenvalue weighted by molar-refractivity contribution is -0.137. The van der Waals surface area contributed by atoms with Gasteiger partial charge >= 0.3 is 0 Å². The van der Waals surface area contributed by atoms with Gasteiger partial charge in [0.15, 0.2) is 29.1 Å². The minimum atomic E-state index is -0.0794. The first-order chi connectivity index (χ1) is 13.7. The van der Waals surface area contributed by atoms with Crippen LogP contribution in [0.4, 0.5) is 5.82 Å². The summed E-state index contributed by atoms with van der Waals surface area (Å²) in [6, 6.07) is 8.56. The summed E-state index contributed by atoms with van der Waals surface area (Å²) in [5.74, 6) is 1.38. The van der Waals surface area contributed by atoms with E-state index in [2.05, 4.69) is 20.7 Å². The van der Waals surface area contributed by atoms with Crippen LogP contribution in [0.1, 0.15) is 5.56 Å². The first-order valence-corrected chi connectivity index (χ1v) is 8.98. The van der Waals surface area contributed by atoms with Gasteiger partial charge in [0.25, 0.3) is 5.91 Å². The summed E-state index contributed by atoms with van der Waals surface area (Å²) < 4.78 is 16.2. The normalized spacial score (nSPS) is 14.1. The number of benzene rings is 1. The number of anilines is 1. The van der Waals surface area contributed by atoms with E-state index in [9.17, 15) is 4.79 Å². The lowest BCUT2D eigenvalue weighted by Gasteiger charge is -2.26. The first-order valence-electron chi connectivity index (χ1n) is 8.60. The Balaban J connectivity index is 1.57. The van der Waals surface area contributed by atoms with Crippen molar-refractivity contribution in [1.82, 2.24) is 15.1 Å². The van der Waals surface area contributed by atoms with Crippen molar-refractivity contribution in [2.75, 3.05) is 45.4 Å². The number of rotatable bonds is 7. The second-order valence-electron chi connectivity index (χ2n) is 5.80. The van der Waals surface area contributed by atoms with Gasteiger partial charge in [-0.2, -0.15) is 5.10 Å². The van der Waals surface area contributed by atoms with E-state index >= 15 is 0 Å². The number of ether oxygens (including phenoxy) is 3. The van der Waals surface area contributed by atoms with Crippen molar-refractivity contribution in [3.63, 3.8) is 0 Å². The van der Waals surface area contributed by atoms with Gasteiger partial charge < -0.3 is 19.1 Å². The van der Waals surface area contributed by atoms with E-state index in [0.29, 0.717) is 48.8 Å². The molecule has 2 heterocycles. The van der Waals surface area contributed by atoms with E-state index in [-0.39, 0.29) is 12.5 Å². The van der Waals surface area contributed by atoms with E-state index in [4.69, 9.17) is 25.8 Å². The molecule has 2 aromatic rings. The Morgan fingerprint density at radius 1 is 1.29 bits per heavy atom. The molecule has 0 radical (unpaired) electrons. The number of carbonyl (C=O) groups is 1. The summed E-state index contributed by atoms with van der Waals surface area (Å²) >= 11 is 5.68. The number of aromatic nitrogens is 2. The van der Waals surface area contributed by atoms with Gasteiger partial charge in [-0.1, -0.05) is 11.6 Å². The third-order valence-corrected chi connectivity index (χ3v) is 4.13. The molecule has 3 rings (SSSR count). The average molecular weight is 406 g/mol. The molecule has 9 nitrogen and oxygen atoms in total. The summed E-state index contributed by atoms with van der Waals surface area (Å²) in [5, 5.41) is 12.0. The van der Waals surface area contributed by atoms with Crippen molar-refractivity contribution in [2.45, 2.75) is 0 Å². The highest BCUT2D eigenvalue weighted by Crippen LogP contribution is 2.27. The van der Waals surface area contributed by atoms with E-state index in [1.807, 2.05) is 0 Å². The predicted octanol–water partition coefficient (Wildman–Crippen LogP) is 1.82. The number of hydrogen-bond acceptors (Lipinski definition) is 8. The number of halogens is 1. The van der Waals surface area contributed by atoms with Crippen LogP contribution in [0.5, 0.6) is 11.5 Å². The molecular formula is C18H20ClN5O4. The number of methoxy groups -OCH3 is 1. The summed E-state index contributed by atoms with van der Waals surface area (Å²) in [6.07, 6.45) is 1.60. The van der Waals surface area contributed by atoms with Crippen LogP contribution in [-0.2, 0) is 9.53 Å². The fourth-order valence-electron chi connectivity index (χ4n) is 2.48. The second-order valence-corrected chi connectivity index (χ2v) is 6.19. The number of nitrogens with one attached hydrogen (secondary N) is 1. The van der Waals surface area contributed by atoms with Crippen LogP contribution in [0, 0.1) is 0 Å². The quantitative estimate of drug-likeness (QED) is 0.554. The summed E-state index contributed by atoms with van der Waals surface area (Å²) in [4.78, 5) is 13.9. The van der Waals surface area contributed by atoms with Crippen LogP contribution in [-0.4, -0.2) is 67.2 Å². The van der Waals surface area contributed by atoms with Crippen LogP contribution in [0.15, 0.2) is 35.4 Å². The number of hydrogen-bond donors (Lipinski definition) is 1. The van der Waals surface area contributed by atoms with Gasteiger partial charge in [-0.3, -0.25) is 10.2 Å². The van der Waals surface area contributed by atoms with Crippen LogP contribution < -0.4 is 14.9 Å². The molecule has 1 aliphatic heterocycles. The van der Waals surface area contributed by atoms with Gasteiger partial charge in [0.05, 0.1) is 26.5 Å². The zero-order chi connectivity index (χ0) is 19.8. The summed E-state index contributed by atoms with van der Waals surface area (Å²) in [7, 11) is 1.54. The number of amides is 1. The topological polar surface area (TPSA) is 98.2 Å². The smallest absolute Gasteiger partial charge is 0.260 e. The molecule has 0 atom stereocenters. The molecule has 148 valence electrons. The maximum atomic E-state index is 12.2. The molecule has 0 unspecified atom stereocenters. The van der Waals surface area contributed by atoms with Gasteiger partial charge in [-0.25, -0.2) is 0 Å². The minimum absolute atomic E-state index is 0.0550. The fourth-order valence-corrected chi connectivity index (χ4v) is 2.58. The molecule has 28 heavy (non-hydrogen) atoms. The van der Waals surface area contributed by atoms with Gasteiger partial charge in [0, 0.05) is 13.1 Å². The fraction of sp³-hybridized carbons (Fsp3) is 0.333. The third kappa shape index (κ3) is 5.54. The number of hydrazone groups is 1. The maximum Gasteiger partial charge on any atom is 0.260 e. The Morgan fingerprint density at radius 2 is 2.11 bits per heavy atom. The predicted molar refractivity (Wildman–Crippen MR) is 104 cm³/mol. The van der Waals surface area contributed by atoms with E-state index in [1.54, 1.807) is 41.4 Å². The molecule has 0 saturated carbocycles. The molecule has 1 aromatic heterocycles. The molecule has 0 spiro atoms. The molecule has 1 aliphatic rings. The molecule has 1 fully saturated rings. The molecule has 1 amide bonds. The molecule has 1 saturated heterocycles. The highest BCUT2D eigenvalue weighted by Gasteiger charge is 2.18. The maximum absolute atomic E-state index is 12.2. The molecule has 1 N–H and O–H groups in total. The lowest BCUT2D eigenvalue weighted by atomic mass is 10.2. The van der Waals surface area contributed by atoms with Crippen molar-refractivity contribution < 1.29 is 19.0 Å². The van der Waals surface area contributed by atoms with Gasteiger partial charge in [-0.05, 0) is 35.9 Å². The van der Waals surface area contributed by atoms with E-state index < -0.39 is 0 Å². The highest BCUT2D eigenvalue weighted by atomic mass is 35.5. The zero-order valence-electron chi connectivity index (χ0n) is 15.3. The van der Waals surface area contributed by atoms with E-state index in [0.717, 1.165) is 5.56 Å². The average Bonchev–Trinajstić information content (AvgIpc) is 2.74. The summed E-state index contributed by atoms with van der Waals surface area (Å²) in [5.41, 5.74) is 3.53. The highest BCUT2D eigenvalue weighted by molar-refractivity contribution is 6.29. The summed E-state index contributed by atoms with van der Waals surface area (Å²) in [6.45, 7) is 2.22. The Hall–Kier alpha value is -2.91. The monoisotopic (exact) mass is 405 g/mol. The van der Waals surface area contributed by atoms with Crippen LogP contribution >= 0.6 is 11.6 Å². The Bertz CT molecular complexity index is 825. The number of nitrogens with zero attached hydrogens (tertiary/aromatic N) is 4. The SMILES string of the molecule is COc1cc(/C=N/Nc2ccc(Cl)nn2)ccc1OCC(=O)N1CCOCC1. The molecular weight excluding hydrogens is 386 g/mol. The lowest BCUT2D eigenvalue weighted by Crippen LogP contribution is -2.43. The van der Waals surface area contributed by atoms with Crippen LogP contribution in [0.2, 0.25) is 5.15 Å². The van der Waals surface area contributed by atoms with E-state index in [1.165, 1.54) is 7.11 Å². The third-order valence-electron chi connectivity index (χ3n) is 3.93. The van der Waals surface area contributed by atoms with Gasteiger partial charge in [0.1, 0.15) is 0 Å².